The number of carbonyl (C=O) groups excluding carboxylic acids is 3. The first-order valence-corrected chi connectivity index (χ1v) is 9.90. The summed E-state index contributed by atoms with van der Waals surface area (Å²) in [7, 11) is 1.79. The van der Waals surface area contributed by atoms with E-state index in [4.69, 9.17) is 0 Å². The molecule has 6 nitrogen and oxygen atoms in total. The standard InChI is InChI=1S/C21H27N3O3/c1-14-7-9-16(10-8-14)23(2)18(25)13-24-19(26)21(22-20(24)27)12-11-15-5-3-4-6-17(15)21/h3-6,14,16H,7-13H2,1-2H3,(H,22,27)/t14?,16?,21-/m0/s1. The van der Waals surface area contributed by atoms with Gasteiger partial charge in [-0.2, -0.15) is 0 Å². The van der Waals surface area contributed by atoms with Crippen molar-refractivity contribution >= 4 is 17.8 Å². The summed E-state index contributed by atoms with van der Waals surface area (Å²) < 4.78 is 0. The average molecular weight is 369 g/mol. The molecule has 1 N–H and O–H groups in total. The molecule has 4 amide bonds. The van der Waals surface area contributed by atoms with Gasteiger partial charge in [-0.15, -0.1) is 0 Å². The molecule has 0 radical (unpaired) electrons. The van der Waals surface area contributed by atoms with E-state index in [0.717, 1.165) is 48.1 Å². The van der Waals surface area contributed by atoms with Crippen LogP contribution in [-0.4, -0.2) is 47.3 Å². The Bertz CT molecular complexity index is 785. The number of hydrogen-bond acceptors (Lipinski definition) is 3. The van der Waals surface area contributed by atoms with Gasteiger partial charge in [-0.3, -0.25) is 14.5 Å². The second-order valence-electron chi connectivity index (χ2n) is 8.30. The van der Waals surface area contributed by atoms with Crippen LogP contribution < -0.4 is 5.32 Å². The van der Waals surface area contributed by atoms with Crippen molar-refractivity contribution < 1.29 is 14.4 Å². The third kappa shape index (κ3) is 2.91. The molecular weight excluding hydrogens is 342 g/mol. The van der Waals surface area contributed by atoms with Gasteiger partial charge in [-0.25, -0.2) is 4.79 Å². The minimum Gasteiger partial charge on any atom is -0.341 e. The molecule has 0 unspecified atom stereocenters. The van der Waals surface area contributed by atoms with Crippen molar-refractivity contribution in [2.75, 3.05) is 13.6 Å². The first-order chi connectivity index (χ1) is 12.9. The molecule has 27 heavy (non-hydrogen) atoms. The highest BCUT2D eigenvalue weighted by atomic mass is 16.2. The Balaban J connectivity index is 1.48. The summed E-state index contributed by atoms with van der Waals surface area (Å²) in [6, 6.07) is 7.47. The average Bonchev–Trinajstić information content (AvgIpc) is 3.15. The molecule has 2 fully saturated rings. The highest BCUT2D eigenvalue weighted by molar-refractivity contribution is 6.09. The molecular formula is C21H27N3O3. The topological polar surface area (TPSA) is 69.7 Å². The van der Waals surface area contributed by atoms with E-state index in [-0.39, 0.29) is 24.4 Å². The molecule has 1 aromatic rings. The number of carbonyl (C=O) groups is 3. The molecule has 1 saturated carbocycles. The fraction of sp³-hybridized carbons (Fsp3) is 0.571. The van der Waals surface area contributed by atoms with Crippen LogP contribution in [0.25, 0.3) is 0 Å². The van der Waals surface area contributed by atoms with Crippen molar-refractivity contribution in [2.45, 2.75) is 57.0 Å². The fourth-order valence-corrected chi connectivity index (χ4v) is 4.81. The number of urea groups is 1. The van der Waals surface area contributed by atoms with Gasteiger partial charge in [0.15, 0.2) is 0 Å². The van der Waals surface area contributed by atoms with E-state index >= 15 is 0 Å². The molecule has 4 rings (SSSR count). The van der Waals surface area contributed by atoms with E-state index in [1.807, 2.05) is 24.3 Å². The summed E-state index contributed by atoms with van der Waals surface area (Å²) in [5.41, 5.74) is 0.966. The van der Waals surface area contributed by atoms with E-state index in [1.165, 1.54) is 0 Å². The number of amides is 4. The quantitative estimate of drug-likeness (QED) is 0.832. The number of likely N-dealkylation sites (N-methyl/N-ethyl adjacent to an activating group) is 1. The number of fused-ring (bicyclic) bond motifs is 2. The lowest BCUT2D eigenvalue weighted by molar-refractivity contribution is -0.140. The van der Waals surface area contributed by atoms with Crippen molar-refractivity contribution in [3.8, 4) is 0 Å². The third-order valence-corrected chi connectivity index (χ3v) is 6.64. The summed E-state index contributed by atoms with van der Waals surface area (Å²) in [6.45, 7) is 2.06. The Hall–Kier alpha value is -2.37. The number of nitrogens with one attached hydrogen (secondary N) is 1. The maximum absolute atomic E-state index is 13.2. The van der Waals surface area contributed by atoms with Crippen molar-refractivity contribution in [1.29, 1.82) is 0 Å². The van der Waals surface area contributed by atoms with Crippen LogP contribution in [-0.2, 0) is 21.5 Å². The number of aryl methyl sites for hydroxylation is 1. The first kappa shape index (κ1) is 18.0. The highest BCUT2D eigenvalue weighted by Gasteiger charge is 2.55. The lowest BCUT2D eigenvalue weighted by atomic mass is 9.87. The lowest BCUT2D eigenvalue weighted by Crippen LogP contribution is -2.47. The van der Waals surface area contributed by atoms with Gasteiger partial charge in [-0.1, -0.05) is 31.2 Å². The zero-order valence-corrected chi connectivity index (χ0v) is 16.0. The van der Waals surface area contributed by atoms with Gasteiger partial charge < -0.3 is 10.2 Å². The van der Waals surface area contributed by atoms with E-state index in [1.54, 1.807) is 11.9 Å². The van der Waals surface area contributed by atoms with Gasteiger partial charge in [0.1, 0.15) is 12.1 Å². The maximum Gasteiger partial charge on any atom is 0.325 e. The molecule has 144 valence electrons. The molecule has 1 aromatic carbocycles. The van der Waals surface area contributed by atoms with Crippen molar-refractivity contribution in [1.82, 2.24) is 15.1 Å². The highest BCUT2D eigenvalue weighted by Crippen LogP contribution is 2.41. The van der Waals surface area contributed by atoms with Crippen LogP contribution in [0.4, 0.5) is 4.79 Å². The van der Waals surface area contributed by atoms with Crippen LogP contribution in [0, 0.1) is 5.92 Å². The molecule has 1 saturated heterocycles. The smallest absolute Gasteiger partial charge is 0.325 e. The second-order valence-corrected chi connectivity index (χ2v) is 8.30. The Morgan fingerprint density at radius 3 is 2.67 bits per heavy atom. The Morgan fingerprint density at radius 2 is 1.93 bits per heavy atom. The van der Waals surface area contributed by atoms with Crippen LogP contribution in [0.15, 0.2) is 24.3 Å². The molecule has 2 aliphatic carbocycles. The monoisotopic (exact) mass is 369 g/mol. The zero-order valence-electron chi connectivity index (χ0n) is 16.0. The van der Waals surface area contributed by atoms with Crippen molar-refractivity contribution in [2.24, 2.45) is 5.92 Å². The number of imide groups is 1. The van der Waals surface area contributed by atoms with Crippen LogP contribution in [0.5, 0.6) is 0 Å². The van der Waals surface area contributed by atoms with E-state index in [9.17, 15) is 14.4 Å². The van der Waals surface area contributed by atoms with Gasteiger partial charge in [0.05, 0.1) is 0 Å². The van der Waals surface area contributed by atoms with Gasteiger partial charge in [0, 0.05) is 13.1 Å². The van der Waals surface area contributed by atoms with Gasteiger partial charge in [-0.05, 0) is 55.6 Å². The Kier molecular flexibility index (Phi) is 4.44. The number of rotatable bonds is 3. The van der Waals surface area contributed by atoms with E-state index < -0.39 is 11.6 Å². The lowest BCUT2D eigenvalue weighted by Gasteiger charge is -2.34. The zero-order chi connectivity index (χ0) is 19.2. The van der Waals surface area contributed by atoms with Crippen LogP contribution in [0.3, 0.4) is 0 Å². The van der Waals surface area contributed by atoms with Gasteiger partial charge in [0.2, 0.25) is 5.91 Å². The number of nitrogens with zero attached hydrogens (tertiary/aromatic N) is 2. The van der Waals surface area contributed by atoms with Crippen LogP contribution >= 0.6 is 0 Å². The number of hydrogen-bond donors (Lipinski definition) is 1. The van der Waals surface area contributed by atoms with Gasteiger partial charge >= 0.3 is 6.03 Å². The SMILES string of the molecule is CC1CCC(N(C)C(=O)CN2C(=O)N[C@]3(CCc4ccccc43)C2=O)CC1. The van der Waals surface area contributed by atoms with Crippen molar-refractivity contribution in [3.63, 3.8) is 0 Å². The predicted molar refractivity (Wildman–Crippen MR) is 101 cm³/mol. The molecule has 1 aliphatic heterocycles. The summed E-state index contributed by atoms with van der Waals surface area (Å²) in [5, 5.41) is 2.88. The molecule has 1 atom stereocenters. The molecule has 0 aromatic heterocycles. The fourth-order valence-electron chi connectivity index (χ4n) is 4.81. The molecule has 1 heterocycles. The van der Waals surface area contributed by atoms with E-state index in [2.05, 4.69) is 12.2 Å². The first-order valence-electron chi connectivity index (χ1n) is 9.90. The minimum atomic E-state index is -0.993. The predicted octanol–water partition coefficient (Wildman–Crippen LogP) is 2.42. The third-order valence-electron chi connectivity index (χ3n) is 6.64. The van der Waals surface area contributed by atoms with Gasteiger partial charge in [0.25, 0.3) is 5.91 Å². The summed E-state index contributed by atoms with van der Waals surface area (Å²) in [5.74, 6) is 0.246. The Labute approximate surface area is 159 Å². The molecule has 0 bridgehead atoms. The second kappa shape index (κ2) is 6.66. The minimum absolute atomic E-state index is 0.165. The van der Waals surface area contributed by atoms with E-state index in [0.29, 0.717) is 12.3 Å². The Morgan fingerprint density at radius 1 is 1.22 bits per heavy atom. The summed E-state index contributed by atoms with van der Waals surface area (Å²) in [4.78, 5) is 41.3. The molecule has 6 heteroatoms. The van der Waals surface area contributed by atoms with Crippen molar-refractivity contribution in [3.05, 3.63) is 35.4 Å². The van der Waals surface area contributed by atoms with Crippen LogP contribution in [0.2, 0.25) is 0 Å². The normalized spacial score (nSPS) is 29.8. The number of benzene rings is 1. The summed E-state index contributed by atoms with van der Waals surface area (Å²) >= 11 is 0. The molecule has 3 aliphatic rings. The molecule has 1 spiro atoms. The maximum atomic E-state index is 13.2. The van der Waals surface area contributed by atoms with Crippen LogP contribution in [0.1, 0.15) is 50.2 Å². The largest absolute Gasteiger partial charge is 0.341 e. The summed E-state index contributed by atoms with van der Waals surface area (Å²) in [6.07, 6.45) is 5.51.